The lowest BCUT2D eigenvalue weighted by Crippen LogP contribution is -2.15. The summed E-state index contributed by atoms with van der Waals surface area (Å²) < 4.78 is 2.04. The minimum absolute atomic E-state index is 0.604. The summed E-state index contributed by atoms with van der Waals surface area (Å²) in [6.45, 7) is 6.44. The van der Waals surface area contributed by atoms with Gasteiger partial charge in [-0.25, -0.2) is 4.98 Å². The third kappa shape index (κ3) is 2.33. The first-order valence-electron chi connectivity index (χ1n) is 4.44. The van der Waals surface area contributed by atoms with Crippen LogP contribution in [0.1, 0.15) is 18.4 Å². The predicted molar refractivity (Wildman–Crippen MR) is 53.2 cm³/mol. The molecule has 0 amide bonds. The van der Waals surface area contributed by atoms with E-state index in [1.807, 2.05) is 17.7 Å². The average molecular weight is 177 g/mol. The van der Waals surface area contributed by atoms with E-state index in [1.165, 1.54) is 0 Å². The molecular weight excluding hydrogens is 162 g/mol. The molecule has 1 N–H and O–H groups in total. The van der Waals surface area contributed by atoms with Crippen molar-refractivity contribution in [2.45, 2.75) is 26.9 Å². The lowest BCUT2D eigenvalue weighted by Gasteiger charge is -2.06. The zero-order valence-corrected chi connectivity index (χ0v) is 8.17. The molecule has 0 fully saturated rings. The van der Waals surface area contributed by atoms with Gasteiger partial charge in [0.2, 0.25) is 0 Å². The highest BCUT2D eigenvalue weighted by atomic mass is 15.1. The van der Waals surface area contributed by atoms with Crippen LogP contribution in [0.25, 0.3) is 0 Å². The molecule has 0 aliphatic rings. The standard InChI is InChI=1S/C10H15N3/c1-4-6-13-9(3)12-8-10(13)7-11-5-2/h1,8,11H,5-7H2,2-3H3. The Hall–Kier alpha value is -1.27. The van der Waals surface area contributed by atoms with E-state index in [2.05, 4.69) is 23.1 Å². The van der Waals surface area contributed by atoms with Crippen LogP contribution in [0.2, 0.25) is 0 Å². The van der Waals surface area contributed by atoms with Crippen LogP contribution >= 0.6 is 0 Å². The van der Waals surface area contributed by atoms with Crippen molar-refractivity contribution in [1.82, 2.24) is 14.9 Å². The first-order chi connectivity index (χ1) is 6.29. The molecular formula is C10H15N3. The molecule has 1 aromatic heterocycles. The Morgan fingerprint density at radius 2 is 2.46 bits per heavy atom. The van der Waals surface area contributed by atoms with Crippen molar-refractivity contribution in [3.63, 3.8) is 0 Å². The lowest BCUT2D eigenvalue weighted by atomic mass is 10.4. The van der Waals surface area contributed by atoms with Crippen molar-refractivity contribution in [2.24, 2.45) is 0 Å². The van der Waals surface area contributed by atoms with E-state index in [-0.39, 0.29) is 0 Å². The molecule has 0 saturated carbocycles. The summed E-state index contributed by atoms with van der Waals surface area (Å²) in [7, 11) is 0. The maximum atomic E-state index is 5.27. The molecule has 0 aromatic carbocycles. The van der Waals surface area contributed by atoms with Gasteiger partial charge in [0.25, 0.3) is 0 Å². The molecule has 0 spiro atoms. The van der Waals surface area contributed by atoms with Crippen LogP contribution in [0, 0.1) is 19.3 Å². The van der Waals surface area contributed by atoms with E-state index >= 15 is 0 Å². The summed E-state index contributed by atoms with van der Waals surface area (Å²) in [6.07, 6.45) is 7.14. The maximum absolute atomic E-state index is 5.27. The molecule has 1 rings (SSSR count). The Kier molecular flexibility index (Phi) is 3.53. The molecule has 0 unspecified atom stereocenters. The molecule has 0 bridgehead atoms. The Morgan fingerprint density at radius 1 is 1.69 bits per heavy atom. The molecule has 0 radical (unpaired) electrons. The second kappa shape index (κ2) is 4.68. The molecule has 3 heteroatoms. The quantitative estimate of drug-likeness (QED) is 0.693. The van der Waals surface area contributed by atoms with Gasteiger partial charge in [-0.3, -0.25) is 0 Å². The summed E-state index contributed by atoms with van der Waals surface area (Å²) in [4.78, 5) is 4.22. The molecule has 0 aliphatic heterocycles. The molecule has 0 atom stereocenters. The molecule has 70 valence electrons. The number of terminal acetylenes is 1. The van der Waals surface area contributed by atoms with E-state index in [9.17, 15) is 0 Å². The summed E-state index contributed by atoms with van der Waals surface area (Å²) in [5.74, 6) is 3.60. The average Bonchev–Trinajstić information content (AvgIpc) is 2.46. The Bertz CT molecular complexity index is 306. The van der Waals surface area contributed by atoms with Crippen LogP contribution in [0.5, 0.6) is 0 Å². The summed E-state index contributed by atoms with van der Waals surface area (Å²) >= 11 is 0. The van der Waals surface area contributed by atoms with E-state index in [0.717, 1.165) is 24.6 Å². The fourth-order valence-corrected chi connectivity index (χ4v) is 1.22. The van der Waals surface area contributed by atoms with Crippen LogP contribution in [0.15, 0.2) is 6.20 Å². The van der Waals surface area contributed by atoms with Crippen molar-refractivity contribution in [1.29, 1.82) is 0 Å². The first kappa shape index (κ1) is 9.82. The van der Waals surface area contributed by atoms with Crippen molar-refractivity contribution in [3.8, 4) is 12.3 Å². The highest BCUT2D eigenvalue weighted by molar-refractivity contribution is 5.07. The minimum atomic E-state index is 0.604. The van der Waals surface area contributed by atoms with Crippen LogP contribution in [-0.4, -0.2) is 16.1 Å². The number of imidazole rings is 1. The van der Waals surface area contributed by atoms with E-state index < -0.39 is 0 Å². The first-order valence-corrected chi connectivity index (χ1v) is 4.44. The number of nitrogens with one attached hydrogen (secondary N) is 1. The molecule has 0 aliphatic carbocycles. The van der Waals surface area contributed by atoms with Crippen molar-refractivity contribution < 1.29 is 0 Å². The number of rotatable bonds is 4. The summed E-state index contributed by atoms with van der Waals surface area (Å²) in [5.41, 5.74) is 1.15. The van der Waals surface area contributed by atoms with E-state index in [1.54, 1.807) is 0 Å². The summed E-state index contributed by atoms with van der Waals surface area (Å²) in [6, 6.07) is 0. The molecule has 1 heterocycles. The van der Waals surface area contributed by atoms with E-state index in [0.29, 0.717) is 6.54 Å². The Morgan fingerprint density at radius 3 is 3.08 bits per heavy atom. The SMILES string of the molecule is C#CCn1c(CNCC)cnc1C. The Balaban J connectivity index is 2.75. The van der Waals surface area contributed by atoms with Crippen LogP contribution in [-0.2, 0) is 13.1 Å². The zero-order chi connectivity index (χ0) is 9.68. The van der Waals surface area contributed by atoms with Gasteiger partial charge in [-0.15, -0.1) is 6.42 Å². The fourth-order valence-electron chi connectivity index (χ4n) is 1.22. The number of nitrogens with zero attached hydrogens (tertiary/aromatic N) is 2. The molecule has 1 aromatic rings. The van der Waals surface area contributed by atoms with Gasteiger partial charge in [-0.1, -0.05) is 12.8 Å². The fraction of sp³-hybridized carbons (Fsp3) is 0.500. The number of hydrogen-bond acceptors (Lipinski definition) is 2. The van der Waals surface area contributed by atoms with Gasteiger partial charge >= 0.3 is 0 Å². The monoisotopic (exact) mass is 177 g/mol. The highest BCUT2D eigenvalue weighted by Crippen LogP contribution is 2.03. The van der Waals surface area contributed by atoms with Crippen molar-refractivity contribution in [3.05, 3.63) is 17.7 Å². The molecule has 0 saturated heterocycles. The Labute approximate surface area is 79.2 Å². The van der Waals surface area contributed by atoms with E-state index in [4.69, 9.17) is 6.42 Å². The summed E-state index contributed by atoms with van der Waals surface area (Å²) in [5, 5.41) is 3.25. The van der Waals surface area contributed by atoms with Gasteiger partial charge in [0.05, 0.1) is 12.2 Å². The second-order valence-corrected chi connectivity index (χ2v) is 2.87. The topological polar surface area (TPSA) is 29.9 Å². The molecule has 13 heavy (non-hydrogen) atoms. The maximum Gasteiger partial charge on any atom is 0.106 e. The lowest BCUT2D eigenvalue weighted by molar-refractivity contribution is 0.657. The van der Waals surface area contributed by atoms with Gasteiger partial charge in [0, 0.05) is 12.7 Å². The molecule has 3 nitrogen and oxygen atoms in total. The van der Waals surface area contributed by atoms with Crippen molar-refractivity contribution >= 4 is 0 Å². The normalized spacial score (nSPS) is 9.92. The third-order valence-electron chi connectivity index (χ3n) is 1.94. The number of aryl methyl sites for hydroxylation is 1. The number of hydrogen-bond donors (Lipinski definition) is 1. The van der Waals surface area contributed by atoms with Crippen LogP contribution < -0.4 is 5.32 Å². The minimum Gasteiger partial charge on any atom is -0.319 e. The van der Waals surface area contributed by atoms with Gasteiger partial charge in [-0.05, 0) is 13.5 Å². The third-order valence-corrected chi connectivity index (χ3v) is 1.94. The van der Waals surface area contributed by atoms with Gasteiger partial charge in [-0.2, -0.15) is 0 Å². The van der Waals surface area contributed by atoms with Gasteiger partial charge in [0.1, 0.15) is 5.82 Å². The van der Waals surface area contributed by atoms with Crippen LogP contribution in [0.3, 0.4) is 0 Å². The van der Waals surface area contributed by atoms with Crippen molar-refractivity contribution in [2.75, 3.05) is 6.54 Å². The zero-order valence-electron chi connectivity index (χ0n) is 8.17. The number of aromatic nitrogens is 2. The van der Waals surface area contributed by atoms with Crippen LogP contribution in [0.4, 0.5) is 0 Å². The van der Waals surface area contributed by atoms with Gasteiger partial charge in [0.15, 0.2) is 0 Å². The second-order valence-electron chi connectivity index (χ2n) is 2.87. The smallest absolute Gasteiger partial charge is 0.106 e. The largest absolute Gasteiger partial charge is 0.319 e. The predicted octanol–water partition coefficient (Wildman–Crippen LogP) is 0.934. The highest BCUT2D eigenvalue weighted by Gasteiger charge is 2.03. The van der Waals surface area contributed by atoms with Gasteiger partial charge < -0.3 is 9.88 Å².